The molecule has 0 aliphatic rings. The molecular weight excluding hydrogens is 451 g/mol. The van der Waals surface area contributed by atoms with Crippen molar-refractivity contribution < 1.29 is 8.42 Å². The van der Waals surface area contributed by atoms with Gasteiger partial charge in [-0.25, -0.2) is 13.4 Å². The number of nitrogens with one attached hydrogen (secondary N) is 2. The van der Waals surface area contributed by atoms with Crippen LogP contribution in [0.1, 0.15) is 25.0 Å². The van der Waals surface area contributed by atoms with Gasteiger partial charge in [-0.2, -0.15) is 0 Å². The second-order valence-corrected chi connectivity index (χ2v) is 7.87. The van der Waals surface area contributed by atoms with Crippen molar-refractivity contribution in [3.05, 3.63) is 29.3 Å². The molecule has 0 aromatic heterocycles. The third-order valence-corrected chi connectivity index (χ3v) is 4.99. The van der Waals surface area contributed by atoms with Crippen LogP contribution in [0.3, 0.4) is 0 Å². The van der Waals surface area contributed by atoms with Gasteiger partial charge in [0, 0.05) is 25.9 Å². The molecule has 144 valence electrons. The number of nitrogens with zero attached hydrogens (tertiary/aromatic N) is 2. The summed E-state index contributed by atoms with van der Waals surface area (Å²) in [5, 5.41) is 6.53. The molecule has 2 N–H and O–H groups in total. The fraction of sp³-hybridized carbons (Fsp3) is 0.588. The van der Waals surface area contributed by atoms with Crippen LogP contribution >= 0.6 is 24.0 Å². The van der Waals surface area contributed by atoms with E-state index in [0.717, 1.165) is 43.3 Å². The Morgan fingerprint density at radius 1 is 1.24 bits per heavy atom. The normalized spacial score (nSPS) is 12.0. The van der Waals surface area contributed by atoms with E-state index < -0.39 is 9.84 Å². The molecule has 8 heteroatoms. The molecule has 0 atom stereocenters. The lowest BCUT2D eigenvalue weighted by Gasteiger charge is -2.16. The van der Waals surface area contributed by atoms with E-state index in [2.05, 4.69) is 34.5 Å². The smallest absolute Gasteiger partial charge is 0.191 e. The minimum Gasteiger partial charge on any atom is -0.357 e. The topological polar surface area (TPSA) is 73.8 Å². The van der Waals surface area contributed by atoms with Gasteiger partial charge < -0.3 is 15.5 Å². The summed E-state index contributed by atoms with van der Waals surface area (Å²) in [5.74, 6) is 0.770. The minimum absolute atomic E-state index is 0. The maximum atomic E-state index is 11.7. The number of hydrogen-bond acceptors (Lipinski definition) is 4. The highest BCUT2D eigenvalue weighted by Gasteiger charge is 2.10. The Morgan fingerprint density at radius 3 is 2.44 bits per heavy atom. The summed E-state index contributed by atoms with van der Waals surface area (Å²) in [5.41, 5.74) is 1.75. The van der Waals surface area contributed by atoms with Gasteiger partial charge in [-0.05, 0) is 44.6 Å². The maximum Gasteiger partial charge on any atom is 0.191 e. The van der Waals surface area contributed by atoms with Gasteiger partial charge in [0.15, 0.2) is 15.8 Å². The number of halogens is 1. The molecule has 1 aromatic rings. The van der Waals surface area contributed by atoms with Crippen molar-refractivity contribution in [2.24, 2.45) is 4.99 Å². The Morgan fingerprint density at radius 2 is 1.92 bits per heavy atom. The summed E-state index contributed by atoms with van der Waals surface area (Å²) in [6, 6.07) is 5.36. The van der Waals surface area contributed by atoms with Gasteiger partial charge in [-0.15, -0.1) is 24.0 Å². The predicted octanol–water partition coefficient (Wildman–Crippen LogP) is 2.02. The molecule has 6 nitrogen and oxygen atoms in total. The molecule has 0 radical (unpaired) electrons. The number of sulfone groups is 1. The lowest BCUT2D eigenvalue weighted by molar-refractivity contribution is 0.357. The lowest BCUT2D eigenvalue weighted by Crippen LogP contribution is -2.40. The molecule has 0 spiro atoms. The van der Waals surface area contributed by atoms with Gasteiger partial charge in [-0.3, -0.25) is 0 Å². The highest BCUT2D eigenvalue weighted by Crippen LogP contribution is 2.17. The van der Waals surface area contributed by atoms with Crippen LogP contribution in [0.25, 0.3) is 0 Å². The average Bonchev–Trinajstić information content (AvgIpc) is 2.51. The SMILES string of the molecule is CCNC(=NCc1ccc(S(C)(=O)=O)c(C)c1)NCCN(C)CC.I. The van der Waals surface area contributed by atoms with Crippen molar-refractivity contribution in [2.75, 3.05) is 39.5 Å². The molecule has 25 heavy (non-hydrogen) atoms. The zero-order valence-corrected chi connectivity index (χ0v) is 18.9. The zero-order valence-electron chi connectivity index (χ0n) is 15.8. The van der Waals surface area contributed by atoms with Crippen LogP contribution < -0.4 is 10.6 Å². The monoisotopic (exact) mass is 482 g/mol. The molecular formula is C17H31IN4O2S. The van der Waals surface area contributed by atoms with Crippen LogP contribution in [0.2, 0.25) is 0 Å². The van der Waals surface area contributed by atoms with Crippen molar-refractivity contribution in [3.8, 4) is 0 Å². The number of aryl methyl sites for hydroxylation is 1. The predicted molar refractivity (Wildman–Crippen MR) is 116 cm³/mol. The van der Waals surface area contributed by atoms with Crippen LogP contribution in [0.5, 0.6) is 0 Å². The molecule has 0 aliphatic carbocycles. The van der Waals surface area contributed by atoms with E-state index in [-0.39, 0.29) is 24.0 Å². The first-order valence-corrected chi connectivity index (χ1v) is 10.2. The highest BCUT2D eigenvalue weighted by molar-refractivity contribution is 14.0. The van der Waals surface area contributed by atoms with Gasteiger partial charge in [0.05, 0.1) is 11.4 Å². The first-order chi connectivity index (χ1) is 11.3. The summed E-state index contributed by atoms with van der Waals surface area (Å²) in [7, 11) is -1.10. The van der Waals surface area contributed by atoms with E-state index in [9.17, 15) is 8.42 Å². The van der Waals surface area contributed by atoms with E-state index >= 15 is 0 Å². The van der Waals surface area contributed by atoms with Gasteiger partial charge in [0.1, 0.15) is 0 Å². The first-order valence-electron chi connectivity index (χ1n) is 8.28. The van der Waals surface area contributed by atoms with E-state index in [4.69, 9.17) is 0 Å². The fourth-order valence-electron chi connectivity index (χ4n) is 2.26. The van der Waals surface area contributed by atoms with Crippen LogP contribution in [0.4, 0.5) is 0 Å². The van der Waals surface area contributed by atoms with Crippen LogP contribution in [-0.4, -0.2) is 58.8 Å². The first kappa shape index (κ1) is 24.1. The average molecular weight is 482 g/mol. The van der Waals surface area contributed by atoms with Gasteiger partial charge >= 0.3 is 0 Å². The zero-order chi connectivity index (χ0) is 18.2. The summed E-state index contributed by atoms with van der Waals surface area (Å²) in [4.78, 5) is 7.17. The molecule has 0 fully saturated rings. The second kappa shape index (κ2) is 11.7. The quantitative estimate of drug-likeness (QED) is 0.337. The Hall–Kier alpha value is -0.870. The lowest BCUT2D eigenvalue weighted by atomic mass is 10.1. The van der Waals surface area contributed by atoms with Crippen LogP contribution in [0, 0.1) is 6.92 Å². The van der Waals surface area contributed by atoms with Crippen molar-refractivity contribution in [1.82, 2.24) is 15.5 Å². The van der Waals surface area contributed by atoms with Crippen LogP contribution in [0.15, 0.2) is 28.1 Å². The molecule has 0 unspecified atom stereocenters. The molecule has 1 aromatic carbocycles. The number of aliphatic imine (C=N–C) groups is 1. The summed E-state index contributed by atoms with van der Waals surface area (Å²) < 4.78 is 23.3. The third kappa shape index (κ3) is 8.87. The Bertz CT molecular complexity index is 663. The van der Waals surface area contributed by atoms with Gasteiger partial charge in [0.25, 0.3) is 0 Å². The summed E-state index contributed by atoms with van der Waals surface area (Å²) in [6.45, 7) is 10.0. The van der Waals surface area contributed by atoms with E-state index in [1.807, 2.05) is 26.0 Å². The molecule has 0 aliphatic heterocycles. The Labute approximate surface area is 169 Å². The number of benzene rings is 1. The molecule has 0 bridgehead atoms. The number of likely N-dealkylation sites (N-methyl/N-ethyl adjacent to an activating group) is 1. The van der Waals surface area contributed by atoms with Gasteiger partial charge in [0.2, 0.25) is 0 Å². The van der Waals surface area contributed by atoms with Crippen molar-refractivity contribution in [1.29, 1.82) is 0 Å². The Balaban J connectivity index is 0.00000576. The number of hydrogen-bond donors (Lipinski definition) is 2. The van der Waals surface area contributed by atoms with E-state index in [1.165, 1.54) is 6.26 Å². The van der Waals surface area contributed by atoms with Crippen molar-refractivity contribution in [3.63, 3.8) is 0 Å². The second-order valence-electron chi connectivity index (χ2n) is 5.89. The summed E-state index contributed by atoms with van der Waals surface area (Å²) >= 11 is 0. The molecule has 1 rings (SSSR count). The molecule has 0 saturated heterocycles. The standard InChI is InChI=1S/C17H30N4O2S.HI/c1-6-18-17(19-10-11-21(4)7-2)20-13-15-8-9-16(14(3)12-15)24(5,22)23;/h8-9,12H,6-7,10-11,13H2,1-5H3,(H2,18,19,20);1H. The summed E-state index contributed by atoms with van der Waals surface area (Å²) in [6.07, 6.45) is 1.23. The highest BCUT2D eigenvalue weighted by atomic mass is 127. The molecule has 0 saturated carbocycles. The Kier molecular flexibility index (Phi) is 11.3. The third-order valence-electron chi connectivity index (χ3n) is 3.73. The van der Waals surface area contributed by atoms with E-state index in [1.54, 1.807) is 6.07 Å². The largest absolute Gasteiger partial charge is 0.357 e. The fourth-order valence-corrected chi connectivity index (χ4v) is 3.22. The minimum atomic E-state index is -3.18. The maximum absolute atomic E-state index is 11.7. The van der Waals surface area contributed by atoms with E-state index in [0.29, 0.717) is 11.4 Å². The van der Waals surface area contributed by atoms with Crippen molar-refractivity contribution >= 4 is 39.8 Å². The molecule has 0 amide bonds. The van der Waals surface area contributed by atoms with Gasteiger partial charge in [-0.1, -0.05) is 19.1 Å². The molecule has 0 heterocycles. The number of rotatable bonds is 8. The van der Waals surface area contributed by atoms with Crippen molar-refractivity contribution in [2.45, 2.75) is 32.2 Å². The number of guanidine groups is 1. The van der Waals surface area contributed by atoms with Crippen LogP contribution in [-0.2, 0) is 16.4 Å².